The molecule has 0 aliphatic heterocycles. The number of nitrogens with zero attached hydrogens (tertiary/aromatic N) is 4. The highest BCUT2D eigenvalue weighted by Gasteiger charge is 2.14. The molecule has 6 nitrogen and oxygen atoms in total. The van der Waals surface area contributed by atoms with E-state index < -0.39 is 0 Å². The first-order valence-corrected chi connectivity index (χ1v) is 8.22. The van der Waals surface area contributed by atoms with Gasteiger partial charge in [-0.15, -0.1) is 0 Å². The minimum atomic E-state index is -0.235. The third-order valence-corrected chi connectivity index (χ3v) is 4.41. The summed E-state index contributed by atoms with van der Waals surface area (Å²) in [6.07, 6.45) is 1.90. The molecule has 0 unspecified atom stereocenters. The van der Waals surface area contributed by atoms with Crippen molar-refractivity contribution in [2.45, 2.75) is 6.54 Å². The highest BCUT2D eigenvalue weighted by atomic mass is 19.1. The molecular formula is C20H15FN6. The van der Waals surface area contributed by atoms with Crippen LogP contribution in [-0.2, 0) is 6.54 Å². The maximum atomic E-state index is 13.9. The molecule has 2 aromatic heterocycles. The third-order valence-electron chi connectivity index (χ3n) is 4.41. The van der Waals surface area contributed by atoms with E-state index in [2.05, 4.69) is 9.97 Å². The Labute approximate surface area is 154 Å². The predicted molar refractivity (Wildman–Crippen MR) is 102 cm³/mol. The Morgan fingerprint density at radius 2 is 1.89 bits per heavy atom. The molecule has 0 radical (unpaired) electrons. The van der Waals surface area contributed by atoms with Gasteiger partial charge in [-0.3, -0.25) is 0 Å². The predicted octanol–water partition coefficient (Wildman–Crippen LogP) is 3.32. The molecule has 2 heterocycles. The maximum Gasteiger partial charge on any atom is 0.222 e. The number of benzene rings is 2. The maximum absolute atomic E-state index is 13.9. The van der Waals surface area contributed by atoms with E-state index in [1.165, 1.54) is 6.07 Å². The zero-order valence-corrected chi connectivity index (χ0v) is 14.2. The number of nitrogens with two attached hydrogens (primary N) is 2. The standard InChI is InChI=1S/C20H15FN6/c21-16-4-2-1-3-14(16)11-27-8-7-12-9-13(5-6-17(12)27)18-15(10-22)19(23)26-20(24)25-18/h1-9H,11H2,(H4,23,24,25,26). The third kappa shape index (κ3) is 2.93. The zero-order chi connectivity index (χ0) is 19.0. The average Bonchev–Trinajstić information content (AvgIpc) is 3.05. The molecular weight excluding hydrogens is 343 g/mol. The molecule has 0 aliphatic carbocycles. The summed E-state index contributed by atoms with van der Waals surface area (Å²) in [5.74, 6) is -0.169. The lowest BCUT2D eigenvalue weighted by Crippen LogP contribution is -2.05. The molecule has 7 heteroatoms. The van der Waals surface area contributed by atoms with Crippen LogP contribution in [-0.4, -0.2) is 14.5 Å². The van der Waals surface area contributed by atoms with Gasteiger partial charge in [0.05, 0.1) is 12.2 Å². The number of halogens is 1. The number of hydrogen-bond donors (Lipinski definition) is 2. The first-order valence-electron chi connectivity index (χ1n) is 8.22. The van der Waals surface area contributed by atoms with Gasteiger partial charge in [0.15, 0.2) is 0 Å². The molecule has 0 spiro atoms. The van der Waals surface area contributed by atoms with Gasteiger partial charge in [-0.25, -0.2) is 9.37 Å². The number of hydrogen-bond acceptors (Lipinski definition) is 5. The fraction of sp³-hybridized carbons (Fsp3) is 0.0500. The van der Waals surface area contributed by atoms with Gasteiger partial charge in [-0.2, -0.15) is 10.2 Å². The second kappa shape index (κ2) is 6.42. The van der Waals surface area contributed by atoms with Gasteiger partial charge >= 0.3 is 0 Å². The summed E-state index contributed by atoms with van der Waals surface area (Å²) in [6.45, 7) is 0.423. The lowest BCUT2D eigenvalue weighted by atomic mass is 10.1. The Morgan fingerprint density at radius 3 is 2.67 bits per heavy atom. The molecule has 132 valence electrons. The van der Waals surface area contributed by atoms with Crippen LogP contribution in [0.15, 0.2) is 54.7 Å². The van der Waals surface area contributed by atoms with Gasteiger partial charge in [0.25, 0.3) is 0 Å². The van der Waals surface area contributed by atoms with Gasteiger partial charge in [0, 0.05) is 28.2 Å². The number of anilines is 2. The lowest BCUT2D eigenvalue weighted by Gasteiger charge is -2.09. The molecule has 0 bridgehead atoms. The number of fused-ring (bicyclic) bond motifs is 1. The van der Waals surface area contributed by atoms with Gasteiger partial charge in [0.2, 0.25) is 5.95 Å². The lowest BCUT2D eigenvalue weighted by molar-refractivity contribution is 0.602. The summed E-state index contributed by atoms with van der Waals surface area (Å²) < 4.78 is 15.9. The summed E-state index contributed by atoms with van der Waals surface area (Å²) in [4.78, 5) is 8.01. The first-order chi connectivity index (χ1) is 13.1. The van der Waals surface area contributed by atoms with Crippen LogP contribution in [0, 0.1) is 17.1 Å². The normalized spacial score (nSPS) is 10.8. The van der Waals surface area contributed by atoms with Crippen LogP contribution < -0.4 is 11.5 Å². The summed E-state index contributed by atoms with van der Waals surface area (Å²) in [7, 11) is 0. The molecule has 2 aromatic carbocycles. The number of nitrogen functional groups attached to an aromatic ring is 2. The average molecular weight is 358 g/mol. The first kappa shape index (κ1) is 16.5. The van der Waals surface area contributed by atoms with Crippen LogP contribution in [0.3, 0.4) is 0 Å². The van der Waals surface area contributed by atoms with E-state index >= 15 is 0 Å². The molecule has 0 atom stereocenters. The SMILES string of the molecule is N#Cc1c(N)nc(N)nc1-c1ccc2c(ccn2Cc2ccccc2F)c1. The number of rotatable bonds is 3. The van der Waals surface area contributed by atoms with E-state index in [1.54, 1.807) is 12.1 Å². The van der Waals surface area contributed by atoms with Crippen LogP contribution in [0.1, 0.15) is 11.1 Å². The quantitative estimate of drug-likeness (QED) is 0.584. The van der Waals surface area contributed by atoms with Gasteiger partial charge < -0.3 is 16.0 Å². The second-order valence-electron chi connectivity index (χ2n) is 6.11. The molecule has 4 rings (SSSR count). The van der Waals surface area contributed by atoms with Crippen LogP contribution in [0.25, 0.3) is 22.2 Å². The molecule has 0 saturated heterocycles. The molecule has 4 aromatic rings. The van der Waals surface area contributed by atoms with Crippen molar-refractivity contribution in [2.24, 2.45) is 0 Å². The van der Waals surface area contributed by atoms with Crippen molar-refractivity contribution >= 4 is 22.7 Å². The number of nitriles is 1. The van der Waals surface area contributed by atoms with E-state index in [9.17, 15) is 9.65 Å². The highest BCUT2D eigenvalue weighted by molar-refractivity contribution is 5.87. The Bertz CT molecular complexity index is 1210. The van der Waals surface area contributed by atoms with E-state index in [0.717, 1.165) is 10.9 Å². The monoisotopic (exact) mass is 358 g/mol. The minimum absolute atomic E-state index is 0.0127. The Balaban J connectivity index is 1.78. The Hall–Kier alpha value is -3.92. The van der Waals surface area contributed by atoms with Crippen molar-refractivity contribution in [3.63, 3.8) is 0 Å². The van der Waals surface area contributed by atoms with Gasteiger partial charge in [-0.05, 0) is 24.3 Å². The van der Waals surface area contributed by atoms with Crippen molar-refractivity contribution in [1.82, 2.24) is 14.5 Å². The Kier molecular flexibility index (Phi) is 3.94. The minimum Gasteiger partial charge on any atom is -0.382 e. The smallest absolute Gasteiger partial charge is 0.222 e. The topological polar surface area (TPSA) is 107 Å². The summed E-state index contributed by atoms with van der Waals surface area (Å²) in [5.41, 5.74) is 14.3. The van der Waals surface area contributed by atoms with E-state index in [0.29, 0.717) is 23.4 Å². The molecule has 0 fully saturated rings. The van der Waals surface area contributed by atoms with Crippen LogP contribution in [0.5, 0.6) is 0 Å². The Morgan fingerprint density at radius 1 is 1.07 bits per heavy atom. The van der Waals surface area contributed by atoms with Crippen molar-refractivity contribution in [3.8, 4) is 17.3 Å². The molecule has 0 saturated carbocycles. The van der Waals surface area contributed by atoms with Crippen molar-refractivity contribution in [2.75, 3.05) is 11.5 Å². The summed E-state index contributed by atoms with van der Waals surface area (Å²) >= 11 is 0. The van der Waals surface area contributed by atoms with Crippen LogP contribution in [0.2, 0.25) is 0 Å². The van der Waals surface area contributed by atoms with E-state index in [-0.39, 0.29) is 23.1 Å². The van der Waals surface area contributed by atoms with Crippen molar-refractivity contribution in [1.29, 1.82) is 5.26 Å². The summed E-state index contributed by atoms with van der Waals surface area (Å²) in [6, 6.07) is 16.3. The number of aromatic nitrogens is 3. The molecule has 4 N–H and O–H groups in total. The van der Waals surface area contributed by atoms with Crippen LogP contribution in [0.4, 0.5) is 16.2 Å². The molecule has 0 amide bonds. The fourth-order valence-corrected chi connectivity index (χ4v) is 3.11. The van der Waals surface area contributed by atoms with Gasteiger partial charge in [-0.1, -0.05) is 24.3 Å². The summed E-state index contributed by atoms with van der Waals surface area (Å²) in [5, 5.41) is 10.3. The fourth-order valence-electron chi connectivity index (χ4n) is 3.11. The second-order valence-corrected chi connectivity index (χ2v) is 6.11. The molecule has 27 heavy (non-hydrogen) atoms. The van der Waals surface area contributed by atoms with Gasteiger partial charge in [0.1, 0.15) is 23.3 Å². The van der Waals surface area contributed by atoms with Crippen molar-refractivity contribution in [3.05, 3.63) is 71.7 Å². The zero-order valence-electron chi connectivity index (χ0n) is 14.2. The molecule has 0 aliphatic rings. The van der Waals surface area contributed by atoms with E-state index in [4.69, 9.17) is 11.5 Å². The van der Waals surface area contributed by atoms with E-state index in [1.807, 2.05) is 47.2 Å². The highest BCUT2D eigenvalue weighted by Crippen LogP contribution is 2.29. The largest absolute Gasteiger partial charge is 0.382 e. The van der Waals surface area contributed by atoms with Crippen LogP contribution >= 0.6 is 0 Å². The van der Waals surface area contributed by atoms with Crippen molar-refractivity contribution < 1.29 is 4.39 Å².